The van der Waals surface area contributed by atoms with Crippen molar-refractivity contribution >= 4 is 12.0 Å². The highest BCUT2D eigenvalue weighted by Crippen LogP contribution is 2.28. The molecule has 2 amide bonds. The Kier molecular flexibility index (Phi) is 4.26. The number of hydrogen-bond acceptors (Lipinski definition) is 4. The predicted molar refractivity (Wildman–Crippen MR) is 67.8 cm³/mol. The zero-order chi connectivity index (χ0) is 14.0. The first-order valence-electron chi connectivity index (χ1n) is 6.64. The second kappa shape index (κ2) is 5.75. The second-order valence-corrected chi connectivity index (χ2v) is 5.31. The van der Waals surface area contributed by atoms with Crippen molar-refractivity contribution in [3.05, 3.63) is 0 Å². The highest BCUT2D eigenvalue weighted by atomic mass is 16.4. The van der Waals surface area contributed by atoms with Crippen LogP contribution in [-0.4, -0.2) is 76.9 Å². The maximum Gasteiger partial charge on any atom is 0.328 e. The van der Waals surface area contributed by atoms with E-state index < -0.39 is 24.6 Å². The molecule has 0 aliphatic carbocycles. The lowest BCUT2D eigenvalue weighted by molar-refractivity contribution is -0.140. The van der Waals surface area contributed by atoms with Crippen LogP contribution in [-0.2, 0) is 4.79 Å². The number of aliphatic hydroxyl groups is 1. The van der Waals surface area contributed by atoms with Gasteiger partial charge in [-0.1, -0.05) is 0 Å². The molecule has 3 unspecified atom stereocenters. The summed E-state index contributed by atoms with van der Waals surface area (Å²) < 4.78 is 0. The van der Waals surface area contributed by atoms with Gasteiger partial charge in [0, 0.05) is 25.2 Å². The third kappa shape index (κ3) is 2.98. The van der Waals surface area contributed by atoms with Crippen LogP contribution in [0.2, 0.25) is 0 Å². The Hall–Kier alpha value is -1.34. The van der Waals surface area contributed by atoms with E-state index in [1.165, 1.54) is 6.42 Å². The molecule has 2 fully saturated rings. The Balaban J connectivity index is 1.94. The Morgan fingerprint density at radius 3 is 2.63 bits per heavy atom. The van der Waals surface area contributed by atoms with Crippen molar-refractivity contribution in [2.45, 2.75) is 37.4 Å². The van der Waals surface area contributed by atoms with E-state index in [1.54, 1.807) is 4.90 Å². The summed E-state index contributed by atoms with van der Waals surface area (Å²) >= 11 is 0. The number of carboxylic acid groups (broad SMARTS) is 1. The number of carbonyl (C=O) groups excluding carboxylic acids is 1. The van der Waals surface area contributed by atoms with Gasteiger partial charge >= 0.3 is 12.0 Å². The van der Waals surface area contributed by atoms with Gasteiger partial charge in [0.25, 0.3) is 0 Å². The van der Waals surface area contributed by atoms with Gasteiger partial charge in [-0.05, 0) is 26.3 Å². The second-order valence-electron chi connectivity index (χ2n) is 5.31. The fraction of sp³-hybridized carbons (Fsp3) is 0.833. The van der Waals surface area contributed by atoms with Gasteiger partial charge in [0.2, 0.25) is 0 Å². The van der Waals surface area contributed by atoms with Crippen LogP contribution in [0.15, 0.2) is 0 Å². The van der Waals surface area contributed by atoms with E-state index in [-0.39, 0.29) is 0 Å². The van der Waals surface area contributed by atoms with E-state index in [1.807, 2.05) is 0 Å². The van der Waals surface area contributed by atoms with Crippen molar-refractivity contribution in [2.75, 3.05) is 26.7 Å². The SMILES string of the molecule is CN1C2CCC1CN(C(=O)NC(CO)C(=O)O)CC2. The van der Waals surface area contributed by atoms with Crippen LogP contribution >= 0.6 is 0 Å². The highest BCUT2D eigenvalue weighted by Gasteiger charge is 2.36. The van der Waals surface area contributed by atoms with Crippen molar-refractivity contribution in [3.63, 3.8) is 0 Å². The average Bonchev–Trinajstić information content (AvgIpc) is 2.59. The van der Waals surface area contributed by atoms with E-state index in [2.05, 4.69) is 17.3 Å². The predicted octanol–water partition coefficient (Wildman–Crippen LogP) is -0.690. The number of carboxylic acids is 1. The van der Waals surface area contributed by atoms with E-state index in [4.69, 9.17) is 10.2 Å². The normalized spacial score (nSPS) is 28.8. The maximum absolute atomic E-state index is 12.0. The fourth-order valence-corrected chi connectivity index (χ4v) is 2.92. The summed E-state index contributed by atoms with van der Waals surface area (Å²) in [5.74, 6) is -1.22. The number of rotatable bonds is 3. The van der Waals surface area contributed by atoms with E-state index in [0.717, 1.165) is 12.8 Å². The molecule has 2 aliphatic heterocycles. The van der Waals surface area contributed by atoms with Gasteiger partial charge in [-0.2, -0.15) is 0 Å². The minimum absolute atomic E-state index is 0.357. The lowest BCUT2D eigenvalue weighted by atomic mass is 10.1. The third-order valence-electron chi connectivity index (χ3n) is 4.21. The molecule has 0 aromatic carbocycles. The number of likely N-dealkylation sites (tertiary alicyclic amines) is 1. The van der Waals surface area contributed by atoms with E-state index in [9.17, 15) is 9.59 Å². The minimum Gasteiger partial charge on any atom is -0.480 e. The number of urea groups is 1. The van der Waals surface area contributed by atoms with Crippen LogP contribution in [0.4, 0.5) is 4.79 Å². The first-order chi connectivity index (χ1) is 9.02. The average molecular weight is 271 g/mol. The first-order valence-corrected chi connectivity index (χ1v) is 6.64. The van der Waals surface area contributed by atoms with Crippen LogP contribution in [0.1, 0.15) is 19.3 Å². The molecule has 0 spiro atoms. The molecule has 3 N–H and O–H groups in total. The Labute approximate surface area is 112 Å². The topological polar surface area (TPSA) is 93.1 Å². The molecule has 2 heterocycles. The number of carbonyl (C=O) groups is 2. The summed E-state index contributed by atoms with van der Waals surface area (Å²) in [6, 6.07) is -0.750. The molecule has 0 radical (unpaired) electrons. The number of hydrogen-bond donors (Lipinski definition) is 3. The number of aliphatic hydroxyl groups excluding tert-OH is 1. The van der Waals surface area contributed by atoms with Gasteiger partial charge in [0.15, 0.2) is 6.04 Å². The van der Waals surface area contributed by atoms with Crippen LogP contribution in [0.5, 0.6) is 0 Å². The molecule has 3 atom stereocenters. The highest BCUT2D eigenvalue weighted by molar-refractivity contribution is 5.82. The molecule has 0 saturated carbocycles. The molecule has 2 rings (SSSR count). The van der Waals surface area contributed by atoms with Crippen molar-refractivity contribution < 1.29 is 19.8 Å². The van der Waals surface area contributed by atoms with Crippen molar-refractivity contribution in [1.82, 2.24) is 15.1 Å². The molecule has 2 aliphatic rings. The van der Waals surface area contributed by atoms with Gasteiger partial charge in [-0.3, -0.25) is 4.90 Å². The summed E-state index contributed by atoms with van der Waals surface area (Å²) in [6.07, 6.45) is 3.16. The fourth-order valence-electron chi connectivity index (χ4n) is 2.92. The van der Waals surface area contributed by atoms with Crippen molar-refractivity contribution in [1.29, 1.82) is 0 Å². The number of nitrogens with zero attached hydrogens (tertiary/aromatic N) is 2. The standard InChI is InChI=1S/C12H21N3O4/c1-14-8-2-3-9(14)6-15(5-4-8)12(19)13-10(7-16)11(17)18/h8-10,16H,2-7H2,1H3,(H,13,19)(H,17,18). The quantitative estimate of drug-likeness (QED) is 0.632. The van der Waals surface area contributed by atoms with Gasteiger partial charge in [-0.25, -0.2) is 9.59 Å². The molecular weight excluding hydrogens is 250 g/mol. The lowest BCUT2D eigenvalue weighted by Gasteiger charge is -2.27. The van der Waals surface area contributed by atoms with Crippen LogP contribution < -0.4 is 5.32 Å². The number of nitrogens with one attached hydrogen (secondary N) is 1. The summed E-state index contributed by atoms with van der Waals surface area (Å²) in [6.45, 7) is 0.659. The van der Waals surface area contributed by atoms with Crippen LogP contribution in [0, 0.1) is 0 Å². The molecule has 2 bridgehead atoms. The molecule has 108 valence electrons. The van der Waals surface area contributed by atoms with Crippen LogP contribution in [0.25, 0.3) is 0 Å². The van der Waals surface area contributed by atoms with Gasteiger partial charge in [0.05, 0.1) is 6.61 Å². The summed E-state index contributed by atoms with van der Waals surface area (Å²) in [7, 11) is 2.08. The van der Waals surface area contributed by atoms with Gasteiger partial charge < -0.3 is 20.4 Å². The molecule has 0 aromatic rings. The molecule has 2 saturated heterocycles. The summed E-state index contributed by atoms with van der Waals surface area (Å²) in [5.41, 5.74) is 0. The Bertz CT molecular complexity index is 363. The molecule has 7 heteroatoms. The molecule has 0 aromatic heterocycles. The zero-order valence-corrected chi connectivity index (χ0v) is 11.1. The summed E-state index contributed by atoms with van der Waals surface area (Å²) in [4.78, 5) is 26.8. The smallest absolute Gasteiger partial charge is 0.328 e. The number of aliphatic carboxylic acids is 1. The van der Waals surface area contributed by atoms with Gasteiger partial charge in [0.1, 0.15) is 0 Å². The zero-order valence-electron chi connectivity index (χ0n) is 11.1. The molecule has 7 nitrogen and oxygen atoms in total. The third-order valence-corrected chi connectivity index (χ3v) is 4.21. The Morgan fingerprint density at radius 2 is 2.00 bits per heavy atom. The number of fused-ring (bicyclic) bond motifs is 2. The van der Waals surface area contributed by atoms with Gasteiger partial charge in [-0.15, -0.1) is 0 Å². The minimum atomic E-state index is -1.23. The van der Waals surface area contributed by atoms with Crippen LogP contribution in [0.3, 0.4) is 0 Å². The maximum atomic E-state index is 12.0. The number of amides is 2. The summed E-state index contributed by atoms with van der Waals surface area (Å²) in [5, 5.41) is 20.1. The largest absolute Gasteiger partial charge is 0.480 e. The van der Waals surface area contributed by atoms with Crippen molar-refractivity contribution in [3.8, 4) is 0 Å². The lowest BCUT2D eigenvalue weighted by Crippen LogP contribution is -2.51. The molecular formula is C12H21N3O4. The monoisotopic (exact) mass is 271 g/mol. The van der Waals surface area contributed by atoms with E-state index >= 15 is 0 Å². The van der Waals surface area contributed by atoms with E-state index in [0.29, 0.717) is 25.2 Å². The first kappa shape index (κ1) is 14.1. The molecule has 19 heavy (non-hydrogen) atoms. The van der Waals surface area contributed by atoms with Crippen molar-refractivity contribution in [2.24, 2.45) is 0 Å². The number of likely N-dealkylation sites (N-methyl/N-ethyl adjacent to an activating group) is 1. The Morgan fingerprint density at radius 1 is 1.32 bits per heavy atom.